The molecule has 0 aliphatic heterocycles. The Labute approximate surface area is 73.1 Å². The summed E-state index contributed by atoms with van der Waals surface area (Å²) in [5, 5.41) is 17.8. The molecule has 0 aliphatic rings. The van der Waals surface area contributed by atoms with Crippen LogP contribution in [-0.2, 0) is 0 Å². The fourth-order valence-corrected chi connectivity index (χ4v) is 0.677. The minimum Gasteiger partial charge on any atom is -0.387 e. The Hall–Kier alpha value is -1.33. The molecule has 64 valence electrons. The molecule has 2 nitrogen and oxygen atoms in total. The monoisotopic (exact) mass is 163 g/mol. The first-order valence-corrected chi connectivity index (χ1v) is 3.76. The van der Waals surface area contributed by atoms with Crippen LogP contribution < -0.4 is 0 Å². The van der Waals surface area contributed by atoms with E-state index >= 15 is 0 Å². The summed E-state index contributed by atoms with van der Waals surface area (Å²) in [5.41, 5.74) is 0. The first-order chi connectivity index (χ1) is 5.76. The van der Waals surface area contributed by atoms with Gasteiger partial charge in [-0.05, 0) is 6.92 Å². The molecular weight excluding hydrogens is 150 g/mol. The lowest BCUT2D eigenvalue weighted by molar-refractivity contribution is 0.200. The van der Waals surface area contributed by atoms with E-state index in [4.69, 9.17) is 5.26 Å². The van der Waals surface area contributed by atoms with E-state index in [1.54, 1.807) is 18.2 Å². The van der Waals surface area contributed by atoms with Crippen molar-refractivity contribution >= 4 is 0 Å². The topological polar surface area (TPSA) is 44.0 Å². The van der Waals surface area contributed by atoms with Crippen molar-refractivity contribution in [1.82, 2.24) is 0 Å². The van der Waals surface area contributed by atoms with Crippen LogP contribution in [0.4, 0.5) is 0 Å². The number of rotatable bonds is 4. The van der Waals surface area contributed by atoms with Gasteiger partial charge in [0, 0.05) is 0 Å². The Balaban J connectivity index is 4.11. The van der Waals surface area contributed by atoms with Gasteiger partial charge in [-0.3, -0.25) is 0 Å². The second kappa shape index (κ2) is 6.38. The second-order valence-electron chi connectivity index (χ2n) is 2.29. The van der Waals surface area contributed by atoms with Gasteiger partial charge in [0.25, 0.3) is 0 Å². The first-order valence-electron chi connectivity index (χ1n) is 3.76. The standard InChI is InChI=1S/C10H13NO/c1-3-5-6-7-10(12)9(4-2)8-11/h3-7,9-10,12H,2H2,1H3/b5-3+,7-6+. The predicted octanol–water partition coefficient (Wildman–Crippen LogP) is 1.81. The van der Waals surface area contributed by atoms with E-state index < -0.39 is 12.0 Å². The summed E-state index contributed by atoms with van der Waals surface area (Å²) in [5.74, 6) is -0.522. The van der Waals surface area contributed by atoms with Gasteiger partial charge >= 0.3 is 0 Å². The molecule has 0 aromatic carbocycles. The molecule has 2 heteroatoms. The lowest BCUT2D eigenvalue weighted by Crippen LogP contribution is -2.13. The third kappa shape index (κ3) is 3.75. The average molecular weight is 163 g/mol. The fourth-order valence-electron chi connectivity index (χ4n) is 0.677. The number of allylic oxidation sites excluding steroid dienone is 3. The summed E-state index contributed by atoms with van der Waals surface area (Å²) in [6, 6.07) is 1.94. The Kier molecular flexibility index (Phi) is 5.68. The Bertz CT molecular complexity index is 222. The van der Waals surface area contributed by atoms with Gasteiger partial charge < -0.3 is 5.11 Å². The number of hydrogen-bond acceptors (Lipinski definition) is 2. The zero-order valence-corrected chi connectivity index (χ0v) is 7.14. The molecule has 0 radical (unpaired) electrons. The van der Waals surface area contributed by atoms with Crippen LogP contribution in [-0.4, -0.2) is 11.2 Å². The van der Waals surface area contributed by atoms with Crippen molar-refractivity contribution in [3.63, 3.8) is 0 Å². The highest BCUT2D eigenvalue weighted by Crippen LogP contribution is 2.04. The maximum Gasteiger partial charge on any atom is 0.0936 e. The number of aliphatic hydroxyl groups excluding tert-OH is 1. The van der Waals surface area contributed by atoms with Crippen LogP contribution in [0.2, 0.25) is 0 Å². The molecule has 0 aromatic rings. The van der Waals surface area contributed by atoms with Crippen molar-refractivity contribution in [2.45, 2.75) is 13.0 Å². The highest BCUT2D eigenvalue weighted by Gasteiger charge is 2.10. The third-order valence-corrected chi connectivity index (χ3v) is 1.38. The fraction of sp³-hybridized carbons (Fsp3) is 0.300. The number of nitrogens with zero attached hydrogens (tertiary/aromatic N) is 1. The number of hydrogen-bond donors (Lipinski definition) is 1. The van der Waals surface area contributed by atoms with Gasteiger partial charge in [0.1, 0.15) is 0 Å². The van der Waals surface area contributed by atoms with Crippen molar-refractivity contribution in [3.05, 3.63) is 37.0 Å². The van der Waals surface area contributed by atoms with Crippen LogP contribution >= 0.6 is 0 Å². The molecule has 1 N–H and O–H groups in total. The summed E-state index contributed by atoms with van der Waals surface area (Å²) in [4.78, 5) is 0. The second-order valence-corrected chi connectivity index (χ2v) is 2.29. The lowest BCUT2D eigenvalue weighted by atomic mass is 10.0. The highest BCUT2D eigenvalue weighted by molar-refractivity contribution is 5.10. The zero-order chi connectivity index (χ0) is 9.40. The molecule has 2 atom stereocenters. The van der Waals surface area contributed by atoms with E-state index in [9.17, 15) is 5.11 Å². The van der Waals surface area contributed by atoms with E-state index in [-0.39, 0.29) is 0 Å². The summed E-state index contributed by atoms with van der Waals surface area (Å²) >= 11 is 0. The first kappa shape index (κ1) is 10.7. The van der Waals surface area contributed by atoms with Crippen molar-refractivity contribution in [2.24, 2.45) is 5.92 Å². The Morgan fingerprint density at radius 3 is 2.58 bits per heavy atom. The summed E-state index contributed by atoms with van der Waals surface area (Å²) < 4.78 is 0. The molecule has 0 bridgehead atoms. The highest BCUT2D eigenvalue weighted by atomic mass is 16.3. The quantitative estimate of drug-likeness (QED) is 0.507. The van der Waals surface area contributed by atoms with E-state index in [2.05, 4.69) is 6.58 Å². The number of nitriles is 1. The predicted molar refractivity (Wildman–Crippen MR) is 49.3 cm³/mol. The molecule has 0 rings (SSSR count). The molecule has 0 spiro atoms. The van der Waals surface area contributed by atoms with Gasteiger partial charge in [-0.1, -0.05) is 30.4 Å². The number of aliphatic hydroxyl groups is 1. The van der Waals surface area contributed by atoms with E-state index in [0.29, 0.717) is 0 Å². The van der Waals surface area contributed by atoms with E-state index in [1.165, 1.54) is 6.08 Å². The minimum atomic E-state index is -0.760. The smallest absolute Gasteiger partial charge is 0.0936 e. The molecule has 0 fully saturated rings. The van der Waals surface area contributed by atoms with Crippen LogP contribution in [0.25, 0.3) is 0 Å². The van der Waals surface area contributed by atoms with Crippen LogP contribution in [0.3, 0.4) is 0 Å². The molecule has 0 amide bonds. The molecule has 0 aromatic heterocycles. The summed E-state index contributed by atoms with van der Waals surface area (Å²) in [6.07, 6.45) is 7.58. The SMILES string of the molecule is C=CC(C#N)C(O)/C=C/C=C/C. The normalized spacial score (nSPS) is 16.1. The molecule has 0 saturated heterocycles. The van der Waals surface area contributed by atoms with Gasteiger partial charge in [0.15, 0.2) is 0 Å². The van der Waals surface area contributed by atoms with Gasteiger partial charge in [-0.25, -0.2) is 0 Å². The Morgan fingerprint density at radius 1 is 1.50 bits per heavy atom. The van der Waals surface area contributed by atoms with Crippen LogP contribution in [0.1, 0.15) is 6.92 Å². The van der Waals surface area contributed by atoms with Gasteiger partial charge in [-0.15, -0.1) is 6.58 Å². The van der Waals surface area contributed by atoms with Crippen molar-refractivity contribution in [1.29, 1.82) is 5.26 Å². The largest absolute Gasteiger partial charge is 0.387 e. The van der Waals surface area contributed by atoms with Crippen LogP contribution in [0.5, 0.6) is 0 Å². The Morgan fingerprint density at radius 2 is 2.17 bits per heavy atom. The van der Waals surface area contributed by atoms with Crippen molar-refractivity contribution < 1.29 is 5.11 Å². The molecule has 12 heavy (non-hydrogen) atoms. The maximum atomic E-state index is 9.32. The summed E-state index contributed by atoms with van der Waals surface area (Å²) in [6.45, 7) is 5.33. The average Bonchev–Trinajstić information content (AvgIpc) is 2.07. The molecule has 0 aliphatic carbocycles. The van der Waals surface area contributed by atoms with Crippen LogP contribution in [0, 0.1) is 17.2 Å². The van der Waals surface area contributed by atoms with Gasteiger partial charge in [0.2, 0.25) is 0 Å². The van der Waals surface area contributed by atoms with E-state index in [0.717, 1.165) is 0 Å². The van der Waals surface area contributed by atoms with Crippen LogP contribution in [0.15, 0.2) is 37.0 Å². The van der Waals surface area contributed by atoms with E-state index in [1.807, 2.05) is 19.1 Å². The van der Waals surface area contributed by atoms with Crippen molar-refractivity contribution in [3.8, 4) is 6.07 Å². The van der Waals surface area contributed by atoms with Crippen molar-refractivity contribution in [2.75, 3.05) is 0 Å². The van der Waals surface area contributed by atoms with Gasteiger partial charge in [-0.2, -0.15) is 5.26 Å². The molecular formula is C10H13NO. The molecule has 0 heterocycles. The van der Waals surface area contributed by atoms with Gasteiger partial charge in [0.05, 0.1) is 18.1 Å². The third-order valence-electron chi connectivity index (χ3n) is 1.38. The molecule has 2 unspecified atom stereocenters. The zero-order valence-electron chi connectivity index (χ0n) is 7.14. The summed E-state index contributed by atoms with van der Waals surface area (Å²) in [7, 11) is 0. The lowest BCUT2D eigenvalue weighted by Gasteiger charge is -2.06. The maximum absolute atomic E-state index is 9.32. The molecule has 0 saturated carbocycles. The minimum absolute atomic E-state index is 0.522.